The van der Waals surface area contributed by atoms with Gasteiger partial charge in [-0.25, -0.2) is 9.78 Å². The molecule has 13 heteroatoms. The number of amides is 1. The third-order valence-electron chi connectivity index (χ3n) is 5.72. The standard InChI is InChI=1S/C18H26N6O7/c1-18(31)5-9(25)6-23(15(28)10(19)4-12(26)27)7-11(18)24-8-20-14-13(24)16(29)22(3)17(30)21(14)2/h8-11,25,31H,4-7,19H2,1-3H3,(H,26,27)/t9-,10-,11+,18+/m0/s1. The van der Waals surface area contributed by atoms with E-state index in [1.807, 2.05) is 0 Å². The summed E-state index contributed by atoms with van der Waals surface area (Å²) in [5.41, 5.74) is 3.11. The highest BCUT2D eigenvalue weighted by Gasteiger charge is 2.43. The van der Waals surface area contributed by atoms with E-state index < -0.39 is 53.3 Å². The second-order valence-electron chi connectivity index (χ2n) is 8.21. The molecular weight excluding hydrogens is 412 g/mol. The lowest BCUT2D eigenvalue weighted by atomic mass is 9.91. The zero-order chi connectivity index (χ0) is 23.2. The number of carbonyl (C=O) groups is 2. The third-order valence-corrected chi connectivity index (χ3v) is 5.72. The van der Waals surface area contributed by atoms with Gasteiger partial charge in [-0.1, -0.05) is 0 Å². The Morgan fingerprint density at radius 3 is 2.55 bits per heavy atom. The first kappa shape index (κ1) is 22.7. The fraction of sp³-hybridized carbons (Fsp3) is 0.611. The zero-order valence-corrected chi connectivity index (χ0v) is 17.4. The number of aliphatic hydroxyl groups excluding tert-OH is 1. The fourth-order valence-electron chi connectivity index (χ4n) is 4.09. The van der Waals surface area contributed by atoms with Crippen molar-refractivity contribution in [1.29, 1.82) is 0 Å². The van der Waals surface area contributed by atoms with Gasteiger partial charge in [-0.2, -0.15) is 0 Å². The molecular formula is C18H26N6O7. The Bertz CT molecular complexity index is 1150. The van der Waals surface area contributed by atoms with Crippen molar-refractivity contribution in [3.8, 4) is 0 Å². The fourth-order valence-corrected chi connectivity index (χ4v) is 4.09. The number of carboxylic acids is 1. The largest absolute Gasteiger partial charge is 0.481 e. The zero-order valence-electron chi connectivity index (χ0n) is 17.4. The number of nitrogens with two attached hydrogens (primary N) is 1. The summed E-state index contributed by atoms with van der Waals surface area (Å²) in [6.45, 7) is 1.14. The number of aliphatic hydroxyl groups is 2. The van der Waals surface area contributed by atoms with E-state index in [0.29, 0.717) is 0 Å². The first-order valence-electron chi connectivity index (χ1n) is 9.64. The first-order valence-corrected chi connectivity index (χ1v) is 9.64. The van der Waals surface area contributed by atoms with E-state index in [0.717, 1.165) is 4.57 Å². The molecule has 2 aromatic rings. The van der Waals surface area contributed by atoms with Crippen LogP contribution in [0.1, 0.15) is 25.8 Å². The van der Waals surface area contributed by atoms with Crippen LogP contribution < -0.4 is 17.0 Å². The molecule has 5 N–H and O–H groups in total. The second-order valence-corrected chi connectivity index (χ2v) is 8.21. The number of imidazole rings is 1. The minimum atomic E-state index is -1.57. The number of likely N-dealkylation sites (tertiary alicyclic amines) is 1. The van der Waals surface area contributed by atoms with E-state index in [1.165, 1.54) is 41.4 Å². The van der Waals surface area contributed by atoms with E-state index in [2.05, 4.69) is 4.98 Å². The molecule has 0 radical (unpaired) electrons. The van der Waals surface area contributed by atoms with E-state index >= 15 is 0 Å². The molecule has 0 spiro atoms. The predicted molar refractivity (Wildman–Crippen MR) is 107 cm³/mol. The Labute approximate surface area is 175 Å². The van der Waals surface area contributed by atoms with Gasteiger partial charge in [0, 0.05) is 33.6 Å². The summed E-state index contributed by atoms with van der Waals surface area (Å²) in [4.78, 5) is 54.0. The van der Waals surface area contributed by atoms with Gasteiger partial charge in [0.1, 0.15) is 0 Å². The number of rotatable bonds is 4. The van der Waals surface area contributed by atoms with Crippen LogP contribution in [0.15, 0.2) is 15.9 Å². The minimum absolute atomic E-state index is 0.0495. The van der Waals surface area contributed by atoms with Crippen LogP contribution in [0.3, 0.4) is 0 Å². The molecule has 13 nitrogen and oxygen atoms in total. The van der Waals surface area contributed by atoms with Crippen LogP contribution in [0.5, 0.6) is 0 Å². The van der Waals surface area contributed by atoms with Gasteiger partial charge in [-0.15, -0.1) is 0 Å². The molecule has 1 aliphatic rings. The Kier molecular flexibility index (Phi) is 5.78. The second kappa shape index (κ2) is 7.90. The molecule has 3 heterocycles. The highest BCUT2D eigenvalue weighted by atomic mass is 16.4. The first-order chi connectivity index (χ1) is 14.3. The van der Waals surface area contributed by atoms with Crippen LogP contribution >= 0.6 is 0 Å². The quantitative estimate of drug-likeness (QED) is 0.389. The number of β-amino-alcohol motifs (C(OH)–C–C–N with tert-alkyl or cyclic N) is 1. The monoisotopic (exact) mass is 438 g/mol. The smallest absolute Gasteiger partial charge is 0.332 e. The van der Waals surface area contributed by atoms with Crippen molar-refractivity contribution in [3.63, 3.8) is 0 Å². The van der Waals surface area contributed by atoms with Crippen molar-refractivity contribution in [2.24, 2.45) is 19.8 Å². The number of hydrogen-bond donors (Lipinski definition) is 4. The van der Waals surface area contributed by atoms with Gasteiger partial charge in [0.25, 0.3) is 5.56 Å². The van der Waals surface area contributed by atoms with E-state index in [9.17, 15) is 29.4 Å². The summed E-state index contributed by atoms with van der Waals surface area (Å²) < 4.78 is 3.49. The van der Waals surface area contributed by atoms with Crippen LogP contribution in [-0.2, 0) is 23.7 Å². The number of carboxylic acid groups (broad SMARTS) is 1. The lowest BCUT2D eigenvalue weighted by Gasteiger charge is -2.34. The normalized spacial score (nSPS) is 25.4. The van der Waals surface area contributed by atoms with Crippen LogP contribution in [0.2, 0.25) is 0 Å². The van der Waals surface area contributed by atoms with Gasteiger partial charge < -0.3 is 30.5 Å². The van der Waals surface area contributed by atoms with Gasteiger partial charge in [0.15, 0.2) is 11.2 Å². The number of aryl methyl sites for hydroxylation is 1. The molecule has 0 aromatic carbocycles. The summed E-state index contributed by atoms with van der Waals surface area (Å²) in [6.07, 6.45) is -0.532. The highest BCUT2D eigenvalue weighted by Crippen LogP contribution is 2.33. The number of fused-ring (bicyclic) bond motifs is 1. The molecule has 1 aliphatic heterocycles. The van der Waals surface area contributed by atoms with Crippen LogP contribution in [0.25, 0.3) is 11.2 Å². The Morgan fingerprint density at radius 2 is 1.94 bits per heavy atom. The molecule has 1 amide bonds. The van der Waals surface area contributed by atoms with Gasteiger partial charge in [0.05, 0.1) is 36.5 Å². The number of nitrogens with zero attached hydrogens (tertiary/aromatic N) is 5. The van der Waals surface area contributed by atoms with Gasteiger partial charge in [-0.05, 0) is 6.92 Å². The van der Waals surface area contributed by atoms with Gasteiger partial charge in [0.2, 0.25) is 5.91 Å². The lowest BCUT2D eigenvalue weighted by molar-refractivity contribution is -0.142. The number of aromatic nitrogens is 4. The summed E-state index contributed by atoms with van der Waals surface area (Å²) in [6, 6.07) is -2.26. The van der Waals surface area contributed by atoms with Crippen molar-refractivity contribution >= 4 is 23.0 Å². The van der Waals surface area contributed by atoms with E-state index in [4.69, 9.17) is 10.8 Å². The van der Waals surface area contributed by atoms with Crippen molar-refractivity contribution in [2.75, 3.05) is 13.1 Å². The third kappa shape index (κ3) is 3.98. The van der Waals surface area contributed by atoms with Crippen molar-refractivity contribution in [3.05, 3.63) is 27.2 Å². The van der Waals surface area contributed by atoms with E-state index in [-0.39, 0.29) is 30.7 Å². The van der Waals surface area contributed by atoms with Gasteiger partial charge >= 0.3 is 11.7 Å². The Balaban J connectivity index is 2.12. The van der Waals surface area contributed by atoms with Gasteiger partial charge in [-0.3, -0.25) is 23.5 Å². The Morgan fingerprint density at radius 1 is 1.29 bits per heavy atom. The highest BCUT2D eigenvalue weighted by molar-refractivity contribution is 5.86. The van der Waals surface area contributed by atoms with Crippen molar-refractivity contribution in [2.45, 2.75) is 43.6 Å². The molecule has 4 atom stereocenters. The van der Waals surface area contributed by atoms with Crippen LogP contribution in [0, 0.1) is 0 Å². The predicted octanol–water partition coefficient (Wildman–Crippen LogP) is -2.88. The topological polar surface area (TPSA) is 186 Å². The molecule has 170 valence electrons. The van der Waals surface area contributed by atoms with Crippen LogP contribution in [-0.4, -0.2) is 81.6 Å². The molecule has 0 saturated carbocycles. The molecule has 2 aromatic heterocycles. The number of hydrogen-bond acceptors (Lipinski definition) is 8. The summed E-state index contributed by atoms with van der Waals surface area (Å²) in [5.74, 6) is -1.95. The molecule has 31 heavy (non-hydrogen) atoms. The average molecular weight is 438 g/mol. The maximum atomic E-state index is 12.8. The maximum Gasteiger partial charge on any atom is 0.332 e. The van der Waals surface area contributed by atoms with Crippen molar-refractivity contribution < 1.29 is 24.9 Å². The molecule has 1 fully saturated rings. The lowest BCUT2D eigenvalue weighted by Crippen LogP contribution is -2.49. The summed E-state index contributed by atoms with van der Waals surface area (Å²) in [7, 11) is 2.77. The van der Waals surface area contributed by atoms with E-state index in [1.54, 1.807) is 0 Å². The molecule has 0 unspecified atom stereocenters. The maximum absolute atomic E-state index is 12.8. The number of aliphatic carboxylic acids is 1. The molecule has 3 rings (SSSR count). The number of carbonyl (C=O) groups excluding carboxylic acids is 1. The van der Waals surface area contributed by atoms with Crippen molar-refractivity contribution in [1.82, 2.24) is 23.6 Å². The molecule has 0 bridgehead atoms. The Hall–Kier alpha value is -3.03. The summed E-state index contributed by atoms with van der Waals surface area (Å²) in [5, 5.41) is 30.4. The molecule has 0 aliphatic carbocycles. The van der Waals surface area contributed by atoms with Crippen LogP contribution in [0.4, 0.5) is 0 Å². The average Bonchev–Trinajstić information content (AvgIpc) is 3.05. The molecule has 1 saturated heterocycles. The minimum Gasteiger partial charge on any atom is -0.481 e. The SMILES string of the molecule is Cn1c(=O)c2c(ncn2[C@@H]2CN(C(=O)[C@@H](N)CC(=O)O)C[C@@H](O)C[C@@]2(C)O)n(C)c1=O. The summed E-state index contributed by atoms with van der Waals surface area (Å²) >= 11 is 0.